The molecule has 0 aromatic heterocycles. The van der Waals surface area contributed by atoms with Crippen molar-refractivity contribution in [2.75, 3.05) is 128 Å². The zero-order chi connectivity index (χ0) is 85.4. The Hall–Kier alpha value is -8.03. The van der Waals surface area contributed by atoms with Crippen LogP contribution in [0.2, 0.25) is 0 Å². The number of benzene rings is 2. The lowest BCUT2D eigenvalue weighted by Gasteiger charge is -2.29. The van der Waals surface area contributed by atoms with Gasteiger partial charge in [0.2, 0.25) is 17.7 Å². The number of halogens is 3. The maximum atomic E-state index is 13.5. The van der Waals surface area contributed by atoms with Gasteiger partial charge in [0.1, 0.15) is 36.6 Å². The van der Waals surface area contributed by atoms with E-state index in [-0.39, 0.29) is 112 Å². The van der Waals surface area contributed by atoms with Gasteiger partial charge < -0.3 is 59.6 Å². The summed E-state index contributed by atoms with van der Waals surface area (Å²) in [6.07, 6.45) is 8.89. The predicted molar refractivity (Wildman–Crippen MR) is 426 cm³/mol. The number of likely N-dealkylation sites (tertiary alicyclic amines) is 7. The molecule has 4 unspecified atom stereocenters. The number of nitrogens with two attached hydrogens (primary N) is 1. The second-order valence-corrected chi connectivity index (χ2v) is 39.6. The van der Waals surface area contributed by atoms with Crippen molar-refractivity contribution in [1.82, 2.24) is 53.9 Å². The molecule has 0 bridgehead atoms. The number of fused-ring (bicyclic) bond motifs is 4. The molecule has 11 amide bonds. The minimum Gasteiger partial charge on any atom is -0.331 e. The Bertz CT molecular complexity index is 3760. The van der Waals surface area contributed by atoms with Crippen LogP contribution in [0.15, 0.2) is 58.3 Å². The highest BCUT2D eigenvalue weighted by Gasteiger charge is 2.52. The maximum Gasteiger partial charge on any atom is 0.319 e. The van der Waals surface area contributed by atoms with Crippen molar-refractivity contribution in [3.05, 3.63) is 59.7 Å². The minimum atomic E-state index is -4.02. The molecule has 0 spiro atoms. The molecule has 4 aliphatic carbocycles. The van der Waals surface area contributed by atoms with Gasteiger partial charge in [-0.05, 0) is 179 Å². The fraction of sp³-hybridized carbons (Fsp3) is 0.732. The van der Waals surface area contributed by atoms with Gasteiger partial charge in [-0.15, -0.1) is 0 Å². The summed E-state index contributed by atoms with van der Waals surface area (Å²) in [7, 11) is 6.25. The van der Waals surface area contributed by atoms with Gasteiger partial charge >= 0.3 is 24.1 Å². The van der Waals surface area contributed by atoms with E-state index in [0.717, 1.165) is 134 Å². The molecule has 33 heteroatoms. The second-order valence-electron chi connectivity index (χ2n) is 36.8. The molecular weight excluding hydrogens is 1520 g/mol. The third kappa shape index (κ3) is 24.6. The third-order valence-corrected chi connectivity index (χ3v) is 27.3. The number of hydrogen-bond acceptors (Lipinski definition) is 15. The van der Waals surface area contributed by atoms with Crippen LogP contribution in [0.4, 0.5) is 32.3 Å². The molecular formula is C82H124F3N15O13S2. The molecule has 0 radical (unpaired) electrons. The molecule has 2 aromatic rings. The van der Waals surface area contributed by atoms with Crippen molar-refractivity contribution in [3.8, 4) is 18.2 Å². The number of nitrogens with zero attached hydrogens (tertiary/aromatic N) is 14. The number of carbonyl (C=O) groups is 7. The first-order valence-corrected chi connectivity index (χ1v) is 43.2. The number of hydrogen-bond donors (Lipinski definition) is 3. The molecule has 2 aromatic carbocycles. The van der Waals surface area contributed by atoms with Gasteiger partial charge in [-0.3, -0.25) is 23.5 Å². The first-order chi connectivity index (χ1) is 53.5. The van der Waals surface area contributed by atoms with Crippen molar-refractivity contribution in [2.24, 2.45) is 69.3 Å². The van der Waals surface area contributed by atoms with Crippen LogP contribution in [0.1, 0.15) is 148 Å². The fourth-order valence-corrected chi connectivity index (χ4v) is 20.9. The molecule has 7 saturated heterocycles. The number of nitriles is 3. The summed E-state index contributed by atoms with van der Waals surface area (Å²) in [5.74, 6) is 4.01. The Kier molecular flexibility index (Phi) is 30.7. The molecule has 11 aliphatic rings. The number of aryl methyl sites for hydroxylation is 2. The largest absolute Gasteiger partial charge is 0.331 e. The Morgan fingerprint density at radius 3 is 0.783 bits per heavy atom. The Morgan fingerprint density at radius 1 is 0.400 bits per heavy atom. The molecule has 18 atom stereocenters. The monoisotopic (exact) mass is 1650 g/mol. The van der Waals surface area contributed by atoms with E-state index in [2.05, 4.69) is 27.7 Å². The van der Waals surface area contributed by atoms with E-state index >= 15 is 0 Å². The Balaban J connectivity index is 0.000000178. The summed E-state index contributed by atoms with van der Waals surface area (Å²) in [6.45, 7) is 19.3. The zero-order valence-electron chi connectivity index (χ0n) is 69.7. The Morgan fingerprint density at radius 2 is 0.600 bits per heavy atom. The van der Waals surface area contributed by atoms with Gasteiger partial charge in [0.05, 0.1) is 47.6 Å². The Labute approximate surface area is 679 Å². The van der Waals surface area contributed by atoms with Crippen LogP contribution in [0, 0.1) is 111 Å². The third-order valence-electron chi connectivity index (χ3n) is 25.5. The van der Waals surface area contributed by atoms with Crippen LogP contribution in [-0.2, 0) is 34.6 Å². The highest BCUT2D eigenvalue weighted by molar-refractivity contribution is 7.86. The van der Waals surface area contributed by atoms with E-state index in [1.165, 1.54) is 39.0 Å². The number of carbonyl (C=O) groups excluding carboxylic acids is 7. The van der Waals surface area contributed by atoms with Gasteiger partial charge in [0.25, 0.3) is 20.2 Å². The normalized spacial score (nSPS) is 31.8. The van der Waals surface area contributed by atoms with Crippen LogP contribution in [0.25, 0.3) is 0 Å². The quantitative estimate of drug-likeness (QED) is 0.176. The minimum absolute atomic E-state index is 0.00257. The van der Waals surface area contributed by atoms with Crippen LogP contribution < -0.4 is 5.73 Å². The maximum absolute atomic E-state index is 13.5. The molecule has 638 valence electrons. The smallest absolute Gasteiger partial charge is 0.319 e. The molecule has 4 N–H and O–H groups in total. The van der Waals surface area contributed by atoms with Crippen LogP contribution in [0.3, 0.4) is 0 Å². The summed E-state index contributed by atoms with van der Waals surface area (Å²) >= 11 is 0. The molecule has 7 aliphatic heterocycles. The van der Waals surface area contributed by atoms with Crippen LogP contribution >= 0.6 is 0 Å². The first kappa shape index (κ1) is 92.5. The summed E-state index contributed by atoms with van der Waals surface area (Å²) in [4.78, 5) is 104. The van der Waals surface area contributed by atoms with Crippen molar-refractivity contribution < 1.29 is 72.7 Å². The summed E-state index contributed by atoms with van der Waals surface area (Å²) < 4.78 is 99.7. The second kappa shape index (κ2) is 38.1. The van der Waals surface area contributed by atoms with Gasteiger partial charge in [0.15, 0.2) is 0 Å². The van der Waals surface area contributed by atoms with E-state index in [1.54, 1.807) is 86.2 Å². The summed E-state index contributed by atoms with van der Waals surface area (Å²) in [5.41, 5.74) is 8.33. The van der Waals surface area contributed by atoms with Crippen LogP contribution in [0.5, 0.6) is 0 Å². The molecule has 7 heterocycles. The lowest BCUT2D eigenvalue weighted by atomic mass is 9.82. The molecule has 28 nitrogen and oxygen atoms in total. The van der Waals surface area contributed by atoms with E-state index in [4.69, 9.17) is 30.6 Å². The number of urea groups is 4. The summed E-state index contributed by atoms with van der Waals surface area (Å²) in [5, 5.41) is 27.3. The van der Waals surface area contributed by atoms with Crippen molar-refractivity contribution in [1.29, 1.82) is 15.8 Å². The topological polar surface area (TPSA) is 361 Å². The number of alkyl halides is 3. The molecule has 13 rings (SSSR count). The lowest BCUT2D eigenvalue weighted by Crippen LogP contribution is -2.40. The van der Waals surface area contributed by atoms with E-state index in [1.807, 2.05) is 65.8 Å². The highest BCUT2D eigenvalue weighted by Crippen LogP contribution is 2.54. The lowest BCUT2D eigenvalue weighted by molar-refractivity contribution is -0.132. The van der Waals surface area contributed by atoms with E-state index < -0.39 is 56.9 Å². The van der Waals surface area contributed by atoms with Crippen molar-refractivity contribution in [3.63, 3.8) is 0 Å². The van der Waals surface area contributed by atoms with E-state index in [9.17, 15) is 63.6 Å². The van der Waals surface area contributed by atoms with Gasteiger partial charge in [-0.2, -0.15) is 32.6 Å². The zero-order valence-corrected chi connectivity index (χ0v) is 71.3. The van der Waals surface area contributed by atoms with Gasteiger partial charge in [0, 0.05) is 153 Å². The van der Waals surface area contributed by atoms with E-state index in [0.29, 0.717) is 66.6 Å². The average molecular weight is 1650 g/mol. The van der Waals surface area contributed by atoms with Crippen molar-refractivity contribution in [2.45, 2.75) is 203 Å². The average Bonchev–Trinajstić information content (AvgIpc) is 1.64. The molecule has 115 heavy (non-hydrogen) atoms. The molecule has 11 fully saturated rings. The molecule has 4 saturated carbocycles. The first-order valence-electron chi connectivity index (χ1n) is 40.3. The number of amides is 11. The van der Waals surface area contributed by atoms with Gasteiger partial charge in [-0.25, -0.2) is 32.3 Å². The fourth-order valence-electron chi connectivity index (χ4n) is 19.9. The van der Waals surface area contributed by atoms with Crippen molar-refractivity contribution >= 4 is 62.1 Å². The summed E-state index contributed by atoms with van der Waals surface area (Å²) in [6, 6.07) is 16.6. The number of rotatable bonds is 11. The van der Waals surface area contributed by atoms with Gasteiger partial charge in [-0.1, -0.05) is 56.2 Å². The SMILES string of the molecule is CN(C)C(=O)N1C[C@@H]2CC(C)(CCC(=O)N3C[C@@H](F)C[C@H]3C#N)C[C@@H]2C1.CN(C)C(=O)N1C[C@@H]2CC(C)(CCC(=O)N3C[C@@H](F)C[C@H]3C#N)C[C@@H]2C1.CN(C)C(=O)N1C[C@@H]2CC(C)(CCC(=O)N3C[C@@H](F)C[C@H]3C#N)C[C@@H]2C1.CN(C)C(=O)N1C[C@@H]2CC(C)(N)C[C@@H]2C1.Cc1ccc(S(=O)(=O)O)cc1.Cc1ccc(S(=O)(=O)O)cc1. The highest BCUT2D eigenvalue weighted by atomic mass is 32.2. The van der Waals surface area contributed by atoms with Crippen LogP contribution in [-0.4, -0.2) is 292 Å². The predicted octanol–water partition coefficient (Wildman–Crippen LogP) is 9.99. The standard InChI is InChI=1S/3C19H29FN4O2.C11H21N3O.2C7H8O3S/c3*1-19(5-4-17(25)24-12-15(20)6-16(24)9-21)7-13-10-23(11-14(13)8-19)18(26)22(2)3;1-11(12)4-8-6-14(7-9(8)5-11)10(15)13(2)3;2*1-6-2-4-7(5-3-6)11(8,9)10/h3*13-16H,4-8,10-12H2,1-3H3;8-9H,4-7,12H2,1-3H3;2*2-5H,1H3,(H,8,9,10)/t3*13-,14+,15-,16-,19?;8-,9+,11?;;/m000.../s1.